The van der Waals surface area contributed by atoms with Crippen molar-refractivity contribution in [2.24, 2.45) is 0 Å². The second kappa shape index (κ2) is 18.2. The zero-order chi connectivity index (χ0) is 47.7. The second-order valence-electron chi connectivity index (χ2n) is 17.3. The minimum absolute atomic E-state index is 0.580. The minimum atomic E-state index is 0.580. The molecule has 0 saturated carbocycles. The number of rotatable bonds is 9. The van der Waals surface area contributed by atoms with Crippen LogP contribution in [0.3, 0.4) is 0 Å². The Labute approximate surface area is 410 Å². The predicted octanol–water partition coefficient (Wildman–Crippen LogP) is 16.1. The Kier molecular flexibility index (Phi) is 10.8. The summed E-state index contributed by atoms with van der Waals surface area (Å²) >= 11 is 0. The molecule has 0 aliphatic carbocycles. The van der Waals surface area contributed by atoms with E-state index in [1.165, 1.54) is 0 Å². The topological polar surface area (TPSA) is 84.6 Å². The van der Waals surface area contributed by atoms with Gasteiger partial charge < -0.3 is 4.57 Å². The smallest absolute Gasteiger partial charge is 0.187 e. The molecule has 12 rings (SSSR count). The average molecular weight is 906 g/mol. The van der Waals surface area contributed by atoms with Crippen molar-refractivity contribution in [1.82, 2.24) is 24.5 Å². The first-order valence-electron chi connectivity index (χ1n) is 23.3. The van der Waals surface area contributed by atoms with Crippen molar-refractivity contribution in [3.63, 3.8) is 0 Å². The third-order valence-electron chi connectivity index (χ3n) is 12.9. The number of nitriles is 1. The number of benzene rings is 9. The third-order valence-corrected chi connectivity index (χ3v) is 12.9. The lowest BCUT2D eigenvalue weighted by molar-refractivity contribution is 1.14. The van der Waals surface area contributed by atoms with Gasteiger partial charge in [-0.15, -0.1) is 0 Å². The zero-order valence-corrected chi connectivity index (χ0v) is 38.1. The maximum absolute atomic E-state index is 9.85. The van der Waals surface area contributed by atoms with E-state index >= 15 is 0 Å². The Balaban J connectivity index is 1.15. The van der Waals surface area contributed by atoms with Crippen LogP contribution < -0.4 is 0 Å². The van der Waals surface area contributed by atoms with Crippen molar-refractivity contribution in [3.8, 4) is 102 Å². The summed E-state index contributed by atoms with van der Waals surface area (Å²) in [5.41, 5.74) is 16.6. The van der Waals surface area contributed by atoms with E-state index in [0.29, 0.717) is 22.9 Å². The van der Waals surface area contributed by atoms with E-state index in [4.69, 9.17) is 26.5 Å². The minimum Gasteiger partial charge on any atom is -0.309 e. The van der Waals surface area contributed by atoms with E-state index in [1.54, 1.807) is 0 Å². The average Bonchev–Trinajstić information content (AvgIpc) is 3.78. The van der Waals surface area contributed by atoms with E-state index in [9.17, 15) is 5.26 Å². The van der Waals surface area contributed by atoms with Crippen LogP contribution in [0.15, 0.2) is 237 Å². The number of aromatic nitrogens is 5. The molecule has 0 amide bonds. The van der Waals surface area contributed by atoms with Gasteiger partial charge in [0, 0.05) is 44.2 Å². The first-order chi connectivity index (χ1) is 35.1. The Hall–Kier alpha value is -10.1. The van der Waals surface area contributed by atoms with Crippen LogP contribution in [0.2, 0.25) is 0 Å². The van der Waals surface area contributed by atoms with Crippen LogP contribution in [0.4, 0.5) is 5.69 Å². The van der Waals surface area contributed by atoms with Gasteiger partial charge in [-0.25, -0.2) is 24.8 Å². The first kappa shape index (κ1) is 42.3. The summed E-state index contributed by atoms with van der Waals surface area (Å²) in [6.45, 7) is 7.74. The van der Waals surface area contributed by atoms with Gasteiger partial charge in [0.1, 0.15) is 0 Å². The van der Waals surface area contributed by atoms with Crippen molar-refractivity contribution in [3.05, 3.63) is 254 Å². The number of fused-ring (bicyclic) bond motifs is 3. The van der Waals surface area contributed by atoms with Crippen LogP contribution in [0.25, 0.3) is 122 Å². The van der Waals surface area contributed by atoms with Crippen LogP contribution in [-0.2, 0) is 0 Å². The van der Waals surface area contributed by atoms with E-state index in [0.717, 1.165) is 106 Å². The molecule has 0 saturated heterocycles. The lowest BCUT2D eigenvalue weighted by Gasteiger charge is -2.17. The van der Waals surface area contributed by atoms with Crippen molar-refractivity contribution in [1.29, 1.82) is 5.26 Å². The molecule has 0 atom stereocenters. The van der Waals surface area contributed by atoms with E-state index < -0.39 is 0 Å². The van der Waals surface area contributed by atoms with Gasteiger partial charge in [-0.2, -0.15) is 5.26 Å². The van der Waals surface area contributed by atoms with Gasteiger partial charge in [0.25, 0.3) is 0 Å². The Morgan fingerprint density at radius 2 is 0.803 bits per heavy atom. The maximum Gasteiger partial charge on any atom is 0.187 e. The molecule has 0 aliphatic heterocycles. The van der Waals surface area contributed by atoms with Gasteiger partial charge >= 0.3 is 0 Å². The lowest BCUT2D eigenvalue weighted by Crippen LogP contribution is -2.02. The molecule has 12 aromatic rings. The van der Waals surface area contributed by atoms with Crippen LogP contribution in [0.5, 0.6) is 0 Å². The highest BCUT2D eigenvalue weighted by Gasteiger charge is 2.22. The SMILES string of the molecule is [C-]#[N+]c1cccc(-c2ccc3c(c2)c2cc(-c4cccc(C#N)c4)ccc2n3-c2ccc(-c3nc(-c4ccccc4)cc(-c4ccccc4)n3)cc2-c2cc(-c3ccccc3)nc(-c3ccccc3)n2)c1. The molecule has 71 heavy (non-hydrogen) atoms. The van der Waals surface area contributed by atoms with Crippen LogP contribution in [0.1, 0.15) is 5.56 Å². The molecule has 0 bridgehead atoms. The normalized spacial score (nSPS) is 11.1. The molecule has 9 aromatic carbocycles. The summed E-state index contributed by atoms with van der Waals surface area (Å²) in [4.78, 5) is 24.9. The molecule has 0 N–H and O–H groups in total. The molecular weight excluding hydrogens is 867 g/mol. The summed E-state index contributed by atoms with van der Waals surface area (Å²) in [6, 6.07) is 82.2. The standard InChI is InChI=1S/C64H39N7/c1-66-52-27-15-26-48(35-52)50-29-32-61-54(37-50)53-36-49(47-25-14-16-42(34-47)41-65)28-31-60(53)71(61)62-33-30-51(64-68-56(43-17-6-2-7-18-43)39-57(69-64)44-19-8-3-9-20-44)38-55(62)59-40-58(45-21-10-4-11-22-45)67-63(70-59)46-23-12-5-13-24-46/h2-40H. The Morgan fingerprint density at radius 3 is 1.34 bits per heavy atom. The highest BCUT2D eigenvalue weighted by atomic mass is 15.0. The summed E-state index contributed by atoms with van der Waals surface area (Å²) in [6.07, 6.45) is 0. The lowest BCUT2D eigenvalue weighted by atomic mass is 9.99. The second-order valence-corrected chi connectivity index (χ2v) is 17.3. The first-order valence-corrected chi connectivity index (χ1v) is 23.3. The molecule has 3 aromatic heterocycles. The zero-order valence-electron chi connectivity index (χ0n) is 38.1. The van der Waals surface area contributed by atoms with Crippen molar-refractivity contribution >= 4 is 27.5 Å². The molecule has 330 valence electrons. The Morgan fingerprint density at radius 1 is 0.366 bits per heavy atom. The molecule has 0 aliphatic rings. The van der Waals surface area contributed by atoms with Crippen molar-refractivity contribution < 1.29 is 0 Å². The number of nitrogens with zero attached hydrogens (tertiary/aromatic N) is 7. The van der Waals surface area contributed by atoms with E-state index in [1.807, 2.05) is 133 Å². The van der Waals surface area contributed by atoms with Gasteiger partial charge in [0.2, 0.25) is 0 Å². The fourth-order valence-electron chi connectivity index (χ4n) is 9.39. The van der Waals surface area contributed by atoms with Crippen molar-refractivity contribution in [2.45, 2.75) is 0 Å². The Bertz CT molecular complexity index is 3830. The van der Waals surface area contributed by atoms with Crippen LogP contribution in [-0.4, -0.2) is 24.5 Å². The molecule has 3 heterocycles. The van der Waals surface area contributed by atoms with Crippen LogP contribution in [0, 0.1) is 17.9 Å². The summed E-state index contributed by atoms with van der Waals surface area (Å²) in [5, 5.41) is 11.9. The fourth-order valence-corrected chi connectivity index (χ4v) is 9.39. The van der Waals surface area contributed by atoms with Crippen LogP contribution >= 0.6 is 0 Å². The van der Waals surface area contributed by atoms with E-state index in [2.05, 4.69) is 119 Å². The monoisotopic (exact) mass is 905 g/mol. The highest BCUT2D eigenvalue weighted by molar-refractivity contribution is 6.12. The van der Waals surface area contributed by atoms with Gasteiger partial charge in [-0.3, -0.25) is 0 Å². The molecular formula is C64H39N7. The molecule has 0 fully saturated rings. The van der Waals surface area contributed by atoms with Gasteiger partial charge in [-0.05, 0) is 95.1 Å². The van der Waals surface area contributed by atoms with Gasteiger partial charge in [0.15, 0.2) is 17.3 Å². The highest BCUT2D eigenvalue weighted by Crippen LogP contribution is 2.42. The fraction of sp³-hybridized carbons (Fsp3) is 0. The maximum atomic E-state index is 9.85. The van der Waals surface area contributed by atoms with E-state index in [-0.39, 0.29) is 0 Å². The molecule has 0 unspecified atom stereocenters. The quantitative estimate of drug-likeness (QED) is 0.135. The third kappa shape index (κ3) is 8.16. The summed E-state index contributed by atoms with van der Waals surface area (Å²) in [7, 11) is 0. The summed E-state index contributed by atoms with van der Waals surface area (Å²) in [5.74, 6) is 1.18. The number of hydrogen-bond donors (Lipinski definition) is 0. The molecule has 7 nitrogen and oxygen atoms in total. The molecule has 7 heteroatoms. The number of hydrogen-bond acceptors (Lipinski definition) is 5. The molecule has 0 radical (unpaired) electrons. The largest absolute Gasteiger partial charge is 0.309 e. The molecule has 0 spiro atoms. The summed E-state index contributed by atoms with van der Waals surface area (Å²) < 4.78 is 2.32. The van der Waals surface area contributed by atoms with Gasteiger partial charge in [-0.1, -0.05) is 164 Å². The van der Waals surface area contributed by atoms with Crippen molar-refractivity contribution in [2.75, 3.05) is 0 Å². The van der Waals surface area contributed by atoms with Gasteiger partial charge in [0.05, 0.1) is 57.7 Å². The predicted molar refractivity (Wildman–Crippen MR) is 286 cm³/mol.